The van der Waals surface area contributed by atoms with Crippen LogP contribution in [0.5, 0.6) is 0 Å². The molecule has 9 heteroatoms. The summed E-state index contributed by atoms with van der Waals surface area (Å²) in [5.41, 5.74) is 3.84. The number of aromatic nitrogens is 1. The van der Waals surface area contributed by atoms with Gasteiger partial charge in [-0.1, -0.05) is 0 Å². The molecule has 0 aliphatic heterocycles. The van der Waals surface area contributed by atoms with Gasteiger partial charge in [-0.2, -0.15) is 5.26 Å². The first kappa shape index (κ1) is 12.3. The van der Waals surface area contributed by atoms with E-state index >= 15 is 0 Å². The second-order valence-electron chi connectivity index (χ2n) is 2.77. The third-order valence-electron chi connectivity index (χ3n) is 1.66. The van der Waals surface area contributed by atoms with E-state index in [1.54, 1.807) is 0 Å². The van der Waals surface area contributed by atoms with Crippen LogP contribution in [0, 0.1) is 11.3 Å². The van der Waals surface area contributed by atoms with Crippen molar-refractivity contribution in [2.24, 2.45) is 5.14 Å². The van der Waals surface area contributed by atoms with E-state index in [-0.39, 0.29) is 0 Å². The van der Waals surface area contributed by atoms with Gasteiger partial charge in [-0.05, 0) is 6.07 Å². The molecule has 0 unspecified atom stereocenters. The Bertz CT molecular complexity index is 564. The van der Waals surface area contributed by atoms with Gasteiger partial charge in [0.1, 0.15) is 22.5 Å². The molecule has 0 radical (unpaired) electrons. The molecule has 0 bridgehead atoms. The van der Waals surface area contributed by atoms with Gasteiger partial charge in [-0.15, -0.1) is 0 Å². The van der Waals surface area contributed by atoms with Gasteiger partial charge in [0.05, 0.1) is 0 Å². The molecule has 0 amide bonds. The molecule has 6 nitrogen and oxygen atoms in total. The van der Waals surface area contributed by atoms with E-state index in [1.165, 1.54) is 6.07 Å². The quantitative estimate of drug-likeness (QED) is 0.769. The van der Waals surface area contributed by atoms with Gasteiger partial charge in [-0.25, -0.2) is 27.3 Å². The summed E-state index contributed by atoms with van der Waals surface area (Å²) in [6, 6.07) is 2.12. The maximum atomic E-state index is 12.5. The van der Waals surface area contributed by atoms with Gasteiger partial charge in [0.15, 0.2) is 0 Å². The van der Waals surface area contributed by atoms with Crippen LogP contribution in [0.3, 0.4) is 0 Å². The average molecular weight is 248 g/mol. The lowest BCUT2D eigenvalue weighted by Gasteiger charge is -2.09. The largest absolute Gasteiger partial charge is 0.383 e. The minimum absolute atomic E-state index is 0.403. The van der Waals surface area contributed by atoms with Crippen molar-refractivity contribution in [3.63, 3.8) is 0 Å². The van der Waals surface area contributed by atoms with Crippen molar-refractivity contribution >= 4 is 15.8 Å². The van der Waals surface area contributed by atoms with Crippen LogP contribution in [-0.2, 0) is 10.0 Å². The highest BCUT2D eigenvalue weighted by atomic mass is 32.2. The number of halogens is 2. The maximum Gasteiger partial charge on any atom is 0.265 e. The summed E-state index contributed by atoms with van der Waals surface area (Å²) < 4.78 is 47.1. The number of hydrogen-bond acceptors (Lipinski definition) is 5. The van der Waals surface area contributed by atoms with Crippen molar-refractivity contribution in [1.29, 1.82) is 5.26 Å². The number of nitrogens with zero attached hydrogens (tertiary/aromatic N) is 2. The van der Waals surface area contributed by atoms with E-state index in [4.69, 9.17) is 16.1 Å². The van der Waals surface area contributed by atoms with E-state index in [0.717, 1.165) is 0 Å². The predicted octanol–water partition coefficient (Wildman–Crippen LogP) is 0.120. The Labute approximate surface area is 89.5 Å². The fraction of sp³-hybridized carbons (Fsp3) is 0.143. The minimum atomic E-state index is -4.41. The van der Waals surface area contributed by atoms with Crippen molar-refractivity contribution in [2.75, 3.05) is 5.73 Å². The molecule has 0 atom stereocenters. The molecule has 86 valence electrons. The van der Waals surface area contributed by atoms with Gasteiger partial charge >= 0.3 is 0 Å². The summed E-state index contributed by atoms with van der Waals surface area (Å²) >= 11 is 0. The summed E-state index contributed by atoms with van der Waals surface area (Å²) in [6.07, 6.45) is -3.12. The highest BCUT2D eigenvalue weighted by Crippen LogP contribution is 2.29. The van der Waals surface area contributed by atoms with Crippen molar-refractivity contribution in [3.05, 3.63) is 17.3 Å². The van der Waals surface area contributed by atoms with E-state index in [0.29, 0.717) is 6.07 Å². The van der Waals surface area contributed by atoms with E-state index in [9.17, 15) is 17.2 Å². The third kappa shape index (κ3) is 2.23. The second-order valence-corrected chi connectivity index (χ2v) is 4.27. The monoisotopic (exact) mass is 248 g/mol. The highest BCUT2D eigenvalue weighted by Gasteiger charge is 2.25. The molecule has 0 aliphatic carbocycles. The first-order valence-corrected chi connectivity index (χ1v) is 5.33. The molecule has 4 N–H and O–H groups in total. The zero-order valence-electron chi connectivity index (χ0n) is 7.68. The molecular formula is C7H6F2N4O2S. The van der Waals surface area contributed by atoms with Crippen molar-refractivity contribution in [1.82, 2.24) is 4.98 Å². The minimum Gasteiger partial charge on any atom is -0.383 e. The number of nitrogens with two attached hydrogens (primary N) is 2. The number of anilines is 1. The Morgan fingerprint density at radius 3 is 2.44 bits per heavy atom. The highest BCUT2D eigenvalue weighted by molar-refractivity contribution is 7.89. The van der Waals surface area contributed by atoms with Crippen molar-refractivity contribution in [2.45, 2.75) is 11.3 Å². The van der Waals surface area contributed by atoms with Crippen LogP contribution in [0.4, 0.5) is 14.6 Å². The number of primary sulfonamides is 1. The lowest BCUT2D eigenvalue weighted by molar-refractivity contribution is 0.148. The van der Waals surface area contributed by atoms with Gasteiger partial charge in [0.25, 0.3) is 6.43 Å². The summed E-state index contributed by atoms with van der Waals surface area (Å²) in [7, 11) is -4.41. The Kier molecular flexibility index (Phi) is 3.06. The number of nitrogen functional groups attached to an aromatic ring is 1. The molecule has 1 aromatic heterocycles. The fourth-order valence-corrected chi connectivity index (χ4v) is 1.92. The molecular weight excluding hydrogens is 242 g/mol. The van der Waals surface area contributed by atoms with E-state index in [2.05, 4.69) is 4.98 Å². The first-order valence-electron chi connectivity index (χ1n) is 3.79. The standard InChI is InChI=1S/C7H6F2N4O2S/c8-6(9)4-1-3(2-10)13-7(11)5(4)16(12,14)15/h1,6H,(H2,11,13)(H2,12,14,15). The fourth-order valence-electron chi connectivity index (χ4n) is 1.10. The Morgan fingerprint density at radius 2 is 2.06 bits per heavy atom. The molecule has 0 saturated heterocycles. The SMILES string of the molecule is N#Cc1cc(C(F)F)c(S(N)(=O)=O)c(N)n1. The van der Waals surface area contributed by atoms with Crippen LogP contribution >= 0.6 is 0 Å². The molecule has 0 aliphatic rings. The van der Waals surface area contributed by atoms with Crippen LogP contribution in [0.25, 0.3) is 0 Å². The summed E-state index contributed by atoms with van der Waals surface area (Å²) in [5.74, 6) is -0.711. The zero-order valence-corrected chi connectivity index (χ0v) is 8.50. The van der Waals surface area contributed by atoms with Crippen molar-refractivity contribution in [3.8, 4) is 6.07 Å². The lowest BCUT2D eigenvalue weighted by Crippen LogP contribution is -2.18. The topological polar surface area (TPSA) is 123 Å². The van der Waals surface area contributed by atoms with Gasteiger partial charge in [-0.3, -0.25) is 0 Å². The Hall–Kier alpha value is -1.79. The van der Waals surface area contributed by atoms with Crippen LogP contribution < -0.4 is 10.9 Å². The number of hydrogen-bond donors (Lipinski definition) is 2. The number of nitriles is 1. The van der Waals surface area contributed by atoms with Crippen LogP contribution in [-0.4, -0.2) is 13.4 Å². The third-order valence-corrected chi connectivity index (χ3v) is 2.68. The summed E-state index contributed by atoms with van der Waals surface area (Å²) in [5, 5.41) is 13.2. The van der Waals surface area contributed by atoms with Crippen LogP contribution in [0.15, 0.2) is 11.0 Å². The lowest BCUT2D eigenvalue weighted by atomic mass is 10.2. The smallest absolute Gasteiger partial charge is 0.265 e. The normalized spacial score (nSPS) is 11.4. The van der Waals surface area contributed by atoms with Gasteiger partial charge in [0, 0.05) is 5.56 Å². The van der Waals surface area contributed by atoms with Gasteiger partial charge < -0.3 is 5.73 Å². The van der Waals surface area contributed by atoms with Crippen molar-refractivity contribution < 1.29 is 17.2 Å². The zero-order chi connectivity index (χ0) is 12.5. The maximum absolute atomic E-state index is 12.5. The number of alkyl halides is 2. The summed E-state index contributed by atoms with van der Waals surface area (Å²) in [6.45, 7) is 0. The molecule has 1 aromatic rings. The first-order chi connectivity index (χ1) is 7.27. The molecule has 1 heterocycles. The Balaban J connectivity index is 3.68. The van der Waals surface area contributed by atoms with Gasteiger partial charge in [0.2, 0.25) is 10.0 Å². The molecule has 16 heavy (non-hydrogen) atoms. The number of sulfonamides is 1. The van der Waals surface area contributed by atoms with E-state index < -0.39 is 38.4 Å². The predicted molar refractivity (Wildman–Crippen MR) is 49.7 cm³/mol. The van der Waals surface area contributed by atoms with E-state index in [1.807, 2.05) is 0 Å². The molecule has 0 saturated carbocycles. The number of rotatable bonds is 2. The molecule has 1 rings (SSSR count). The second kappa shape index (κ2) is 3.99. The molecule has 0 fully saturated rings. The average Bonchev–Trinajstić information content (AvgIpc) is 2.14. The van der Waals surface area contributed by atoms with Crippen LogP contribution in [0.1, 0.15) is 17.7 Å². The number of pyridine rings is 1. The van der Waals surface area contributed by atoms with Crippen LogP contribution in [0.2, 0.25) is 0 Å². The summed E-state index contributed by atoms with van der Waals surface area (Å²) in [4.78, 5) is 2.38. The molecule has 0 spiro atoms. The Morgan fingerprint density at radius 1 is 1.50 bits per heavy atom. The molecule has 0 aromatic carbocycles.